The number of anilines is 1. The Labute approximate surface area is 170 Å². The van der Waals surface area contributed by atoms with Crippen molar-refractivity contribution in [3.05, 3.63) is 71.4 Å². The van der Waals surface area contributed by atoms with Gasteiger partial charge in [0.2, 0.25) is 0 Å². The largest absolute Gasteiger partial charge is 0.441 e. The summed E-state index contributed by atoms with van der Waals surface area (Å²) in [5.41, 5.74) is 4.76. The van der Waals surface area contributed by atoms with Crippen LogP contribution < -0.4 is 10.6 Å². The highest BCUT2D eigenvalue weighted by Gasteiger charge is 2.25. The monoisotopic (exact) mass is 385 g/mol. The quantitative estimate of drug-likeness (QED) is 0.631. The molecule has 2 atom stereocenters. The number of fused-ring (bicyclic) bond motifs is 2. The van der Waals surface area contributed by atoms with E-state index in [1.54, 1.807) is 6.20 Å². The fourth-order valence-corrected chi connectivity index (χ4v) is 3.72. The lowest BCUT2D eigenvalue weighted by Gasteiger charge is -2.16. The lowest BCUT2D eigenvalue weighted by atomic mass is 10.1. The summed E-state index contributed by atoms with van der Waals surface area (Å²) < 4.78 is 5.70. The van der Waals surface area contributed by atoms with Crippen LogP contribution in [-0.4, -0.2) is 17.1 Å². The second kappa shape index (κ2) is 8.34. The first kappa shape index (κ1) is 19.0. The molecule has 5 nitrogen and oxygen atoms in total. The molecule has 0 aliphatic heterocycles. The number of terminal acetylenes is 1. The fourth-order valence-electron chi connectivity index (χ4n) is 3.72. The average molecular weight is 385 g/mol. The summed E-state index contributed by atoms with van der Waals surface area (Å²) in [4.78, 5) is 17.0. The SMILES string of the molecule is C#C[C@@H](C)NCc1ccc(NC(=O)OC2CCc3ccccc32)c2ncccc12. The fraction of sp³-hybridized carbons (Fsp3) is 0.250. The molecule has 0 saturated heterocycles. The Balaban J connectivity index is 1.51. The number of rotatable bonds is 5. The van der Waals surface area contributed by atoms with Crippen molar-refractivity contribution in [2.75, 3.05) is 5.32 Å². The second-order valence-electron chi connectivity index (χ2n) is 7.20. The van der Waals surface area contributed by atoms with Crippen molar-refractivity contribution in [2.24, 2.45) is 0 Å². The predicted molar refractivity (Wildman–Crippen MR) is 114 cm³/mol. The molecule has 0 bridgehead atoms. The Morgan fingerprint density at radius 1 is 1.28 bits per heavy atom. The Hall–Kier alpha value is -3.36. The number of aromatic nitrogens is 1. The molecule has 0 radical (unpaired) electrons. The summed E-state index contributed by atoms with van der Waals surface area (Å²) in [6.07, 6.45) is 8.21. The minimum absolute atomic E-state index is 0.0243. The molecule has 1 aliphatic carbocycles. The van der Waals surface area contributed by atoms with Gasteiger partial charge in [0.15, 0.2) is 0 Å². The van der Waals surface area contributed by atoms with Crippen LogP contribution in [0.15, 0.2) is 54.7 Å². The minimum Gasteiger partial charge on any atom is -0.441 e. The highest BCUT2D eigenvalue weighted by atomic mass is 16.6. The van der Waals surface area contributed by atoms with E-state index in [0.717, 1.165) is 34.9 Å². The molecule has 146 valence electrons. The van der Waals surface area contributed by atoms with E-state index < -0.39 is 6.09 Å². The van der Waals surface area contributed by atoms with E-state index in [4.69, 9.17) is 11.2 Å². The van der Waals surface area contributed by atoms with Crippen LogP contribution in [0.5, 0.6) is 0 Å². The zero-order valence-corrected chi connectivity index (χ0v) is 16.3. The van der Waals surface area contributed by atoms with Crippen LogP contribution in [0.25, 0.3) is 10.9 Å². The van der Waals surface area contributed by atoms with Crippen LogP contribution in [-0.2, 0) is 17.7 Å². The number of hydrogen-bond donors (Lipinski definition) is 2. The number of benzene rings is 2. The van der Waals surface area contributed by atoms with Crippen molar-refractivity contribution in [1.82, 2.24) is 10.3 Å². The van der Waals surface area contributed by atoms with Crippen LogP contribution in [0.1, 0.15) is 36.1 Å². The summed E-state index contributed by atoms with van der Waals surface area (Å²) in [5, 5.41) is 7.12. The number of nitrogens with zero attached hydrogens (tertiary/aromatic N) is 1. The highest BCUT2D eigenvalue weighted by molar-refractivity contribution is 5.99. The Kier molecular flexibility index (Phi) is 5.46. The maximum atomic E-state index is 12.6. The molecular weight excluding hydrogens is 362 g/mol. The number of ether oxygens (including phenoxy) is 1. The van der Waals surface area contributed by atoms with Gasteiger partial charge >= 0.3 is 6.09 Å². The molecule has 1 heterocycles. The van der Waals surface area contributed by atoms with Gasteiger partial charge in [-0.1, -0.05) is 42.3 Å². The van der Waals surface area contributed by atoms with Gasteiger partial charge < -0.3 is 4.74 Å². The molecule has 1 unspecified atom stereocenters. The Morgan fingerprint density at radius 3 is 3.00 bits per heavy atom. The number of carbonyl (C=O) groups is 1. The zero-order valence-electron chi connectivity index (χ0n) is 16.3. The summed E-state index contributed by atoms with van der Waals surface area (Å²) in [6.45, 7) is 2.56. The lowest BCUT2D eigenvalue weighted by molar-refractivity contribution is 0.112. The van der Waals surface area contributed by atoms with Crippen molar-refractivity contribution >= 4 is 22.7 Å². The Morgan fingerprint density at radius 2 is 2.14 bits per heavy atom. The van der Waals surface area contributed by atoms with Gasteiger partial charge in [0.1, 0.15) is 6.10 Å². The number of amides is 1. The molecule has 0 spiro atoms. The molecule has 1 aliphatic rings. The zero-order chi connectivity index (χ0) is 20.2. The highest BCUT2D eigenvalue weighted by Crippen LogP contribution is 2.34. The maximum Gasteiger partial charge on any atom is 0.412 e. The first-order chi connectivity index (χ1) is 14.2. The smallest absolute Gasteiger partial charge is 0.412 e. The summed E-state index contributed by atoms with van der Waals surface area (Å²) in [6, 6.07) is 15.8. The molecule has 0 saturated carbocycles. The van der Waals surface area contributed by atoms with Crippen molar-refractivity contribution < 1.29 is 9.53 Å². The van der Waals surface area contributed by atoms with Gasteiger partial charge in [0.25, 0.3) is 0 Å². The standard InChI is InChI=1S/C24H23N3O2/c1-3-16(2)26-15-18-10-12-21(23-20(18)9-6-14-25-23)27-24(28)29-22-13-11-17-7-4-5-8-19(17)22/h1,4-10,12,14,16,22,26H,11,13,15H2,2H3,(H,27,28)/t16-,22?/m1/s1. The van der Waals surface area contributed by atoms with E-state index in [0.29, 0.717) is 12.2 Å². The first-order valence-electron chi connectivity index (χ1n) is 9.77. The molecule has 29 heavy (non-hydrogen) atoms. The lowest BCUT2D eigenvalue weighted by Crippen LogP contribution is -2.23. The summed E-state index contributed by atoms with van der Waals surface area (Å²) in [5.74, 6) is 2.66. The van der Waals surface area contributed by atoms with Gasteiger partial charge in [-0.05, 0) is 48.6 Å². The van der Waals surface area contributed by atoms with Gasteiger partial charge in [-0.2, -0.15) is 0 Å². The summed E-state index contributed by atoms with van der Waals surface area (Å²) >= 11 is 0. The van der Waals surface area contributed by atoms with Gasteiger partial charge in [-0.3, -0.25) is 15.6 Å². The molecular formula is C24H23N3O2. The van der Waals surface area contributed by atoms with E-state index in [9.17, 15) is 4.79 Å². The van der Waals surface area contributed by atoms with E-state index >= 15 is 0 Å². The third-order valence-corrected chi connectivity index (χ3v) is 5.27. The normalized spacial score (nSPS) is 16.1. The average Bonchev–Trinajstić information content (AvgIpc) is 3.15. The van der Waals surface area contributed by atoms with Crippen LogP contribution >= 0.6 is 0 Å². The third kappa shape index (κ3) is 4.08. The Bertz CT molecular complexity index is 1090. The van der Waals surface area contributed by atoms with E-state index in [1.807, 2.05) is 49.4 Å². The molecule has 1 aromatic heterocycles. The van der Waals surface area contributed by atoms with Crippen LogP contribution in [0.4, 0.5) is 10.5 Å². The van der Waals surface area contributed by atoms with Gasteiger partial charge in [-0.15, -0.1) is 6.42 Å². The molecule has 2 aromatic carbocycles. The molecule has 0 fully saturated rings. The second-order valence-corrected chi connectivity index (χ2v) is 7.20. The number of hydrogen-bond acceptors (Lipinski definition) is 4. The van der Waals surface area contributed by atoms with Crippen molar-refractivity contribution in [3.8, 4) is 12.3 Å². The number of pyridine rings is 1. The van der Waals surface area contributed by atoms with Crippen molar-refractivity contribution in [1.29, 1.82) is 0 Å². The molecule has 2 N–H and O–H groups in total. The van der Waals surface area contributed by atoms with Crippen LogP contribution in [0, 0.1) is 12.3 Å². The van der Waals surface area contributed by atoms with Crippen LogP contribution in [0.2, 0.25) is 0 Å². The third-order valence-electron chi connectivity index (χ3n) is 5.27. The van der Waals surface area contributed by atoms with Crippen molar-refractivity contribution in [2.45, 2.75) is 38.5 Å². The topological polar surface area (TPSA) is 63.2 Å². The predicted octanol–water partition coefficient (Wildman–Crippen LogP) is 4.58. The number of nitrogens with one attached hydrogen (secondary N) is 2. The summed E-state index contributed by atoms with van der Waals surface area (Å²) in [7, 11) is 0. The first-order valence-corrected chi connectivity index (χ1v) is 9.77. The molecule has 1 amide bonds. The van der Waals surface area contributed by atoms with E-state index in [-0.39, 0.29) is 12.1 Å². The molecule has 4 rings (SSSR count). The number of aryl methyl sites for hydroxylation is 1. The van der Waals surface area contributed by atoms with E-state index in [1.165, 1.54) is 5.56 Å². The molecule has 5 heteroatoms. The van der Waals surface area contributed by atoms with Crippen molar-refractivity contribution in [3.63, 3.8) is 0 Å². The number of carbonyl (C=O) groups excluding carboxylic acids is 1. The van der Waals surface area contributed by atoms with Crippen LogP contribution in [0.3, 0.4) is 0 Å². The van der Waals surface area contributed by atoms with Gasteiger partial charge in [0, 0.05) is 18.1 Å². The maximum absolute atomic E-state index is 12.6. The van der Waals surface area contributed by atoms with E-state index in [2.05, 4.69) is 27.6 Å². The van der Waals surface area contributed by atoms with Gasteiger partial charge in [-0.25, -0.2) is 4.79 Å². The van der Waals surface area contributed by atoms with Gasteiger partial charge in [0.05, 0.1) is 17.2 Å². The molecule has 3 aromatic rings. The minimum atomic E-state index is -0.467.